The van der Waals surface area contributed by atoms with Crippen LogP contribution in [-0.4, -0.2) is 0 Å². The quantitative estimate of drug-likeness (QED) is 0.129. The maximum atomic E-state index is 8.38. The fourth-order valence-corrected chi connectivity index (χ4v) is 17.4. The molecule has 0 bridgehead atoms. The summed E-state index contributed by atoms with van der Waals surface area (Å²) in [6, 6.07) is 87.3. The van der Waals surface area contributed by atoms with E-state index in [-0.39, 0.29) is 0 Å². The number of fused-ring (bicyclic) bond motifs is 6. The molecule has 0 N–H and O–H groups in total. The number of hydrogen-bond acceptors (Lipinski definition) is 0. The van der Waals surface area contributed by atoms with Gasteiger partial charge in [-0.05, 0) is 299 Å². The van der Waals surface area contributed by atoms with Gasteiger partial charge >= 0.3 is 0 Å². The summed E-state index contributed by atoms with van der Waals surface area (Å²) in [6.45, 7) is 25.2. The van der Waals surface area contributed by atoms with Gasteiger partial charge < -0.3 is 0 Å². The van der Waals surface area contributed by atoms with Crippen molar-refractivity contribution in [1.29, 1.82) is 0 Å². The van der Waals surface area contributed by atoms with E-state index in [4.69, 9.17) is 19.2 Å². The van der Waals surface area contributed by atoms with Gasteiger partial charge in [0, 0.05) is 77.5 Å². The average Bonchev–Trinajstić information content (AvgIpc) is 0.737. The molecular formula is C120H132N6+6. The van der Waals surface area contributed by atoms with Crippen LogP contribution in [0.3, 0.4) is 0 Å². The van der Waals surface area contributed by atoms with Gasteiger partial charge in [-0.2, -0.15) is 0 Å². The van der Waals surface area contributed by atoms with Crippen molar-refractivity contribution in [1.82, 2.24) is 0 Å². The summed E-state index contributed by atoms with van der Waals surface area (Å²) in [4.78, 5) is 0. The van der Waals surface area contributed by atoms with Crippen molar-refractivity contribution >= 4 is 64.6 Å². The lowest BCUT2D eigenvalue weighted by atomic mass is 9.93. The fourth-order valence-electron chi connectivity index (χ4n) is 17.4. The Morgan fingerprint density at radius 2 is 0.563 bits per heavy atom. The van der Waals surface area contributed by atoms with E-state index in [1.165, 1.54) is 112 Å². The van der Waals surface area contributed by atoms with Crippen molar-refractivity contribution in [2.75, 3.05) is 0 Å². The first-order valence-corrected chi connectivity index (χ1v) is 43.6. The largest absolute Gasteiger partial charge is 0.220 e. The summed E-state index contributed by atoms with van der Waals surface area (Å²) >= 11 is 0. The molecule has 6 heterocycles. The molecule has 6 nitrogen and oxygen atoms in total. The van der Waals surface area contributed by atoms with Crippen LogP contribution < -0.4 is 27.4 Å². The number of nitrogens with zero attached hydrogens (tertiary/aromatic N) is 6. The molecule has 636 valence electrons. The predicted molar refractivity (Wildman–Crippen MR) is 537 cm³/mol. The first-order chi connectivity index (χ1) is 65.6. The molecule has 18 aromatic rings. The van der Waals surface area contributed by atoms with Crippen LogP contribution >= 0.6 is 0 Å². The molecule has 0 saturated heterocycles. The van der Waals surface area contributed by atoms with Crippen molar-refractivity contribution in [2.45, 2.75) is 163 Å². The first-order valence-electron chi connectivity index (χ1n) is 50.6. The molecule has 0 aliphatic rings. The molecule has 0 fully saturated rings. The Morgan fingerprint density at radius 1 is 0.238 bits per heavy atom. The van der Waals surface area contributed by atoms with Crippen molar-refractivity contribution in [3.8, 4) is 67.5 Å². The van der Waals surface area contributed by atoms with Crippen LogP contribution in [-0.2, 0) is 42.3 Å². The normalized spacial score (nSPS) is 13.8. The van der Waals surface area contributed by atoms with E-state index in [0.717, 1.165) is 99.5 Å². The van der Waals surface area contributed by atoms with Gasteiger partial charge in [0.25, 0.3) is 0 Å². The second kappa shape index (κ2) is 39.1. The molecule has 1 atom stereocenters. The van der Waals surface area contributed by atoms with Crippen LogP contribution in [0.4, 0.5) is 0 Å². The molecule has 0 radical (unpaired) electrons. The zero-order valence-electron chi connectivity index (χ0n) is 92.0. The SMILES string of the molecule is Cc1cc(C)c(C)c(-c2c3ccc(C(C)C)cc3cc[n+]2C)c1.Cc1ccc(-c2cc3ccccc3c[n+]2C)c(C)c1.Cc1ccccc1-c1cc2ccccc2c[n+]1C.[2H]C([2H])([2H])c1cc(C)cc(-c2c3ccc(C([2H])(C)C([2H])([2H])[2H])cc3cc[n+]2C)c1C.[2H]C([2H])([2H])c1cc(C)cc(-c2c3ccc(C([2H])(C)C)cc3cc[n+]2C)c1C.[2H]C([2H])([2H])c1cc(C)cc(-c2c3ccccc3cc[n+]2C)c1C. The highest BCUT2D eigenvalue weighted by Gasteiger charge is 2.25. The third-order valence-electron chi connectivity index (χ3n) is 24.7. The molecule has 6 heteroatoms. The number of aryl methyl sites for hydroxylation is 17. The van der Waals surface area contributed by atoms with E-state index < -0.39 is 39.2 Å². The summed E-state index contributed by atoms with van der Waals surface area (Å²) in [5.74, 6) is -1.84. The standard InChI is InChI=1S/3C22H26N.C19H20N.C18H18N.C17H16N/c3*1-14(2)18-7-8-20-19(13-18)9-10-23(6)22(20)21-12-15(3)11-16(4)17(21)5;1-13-11-14(2)15(3)18(12-13)19-17-8-6-5-7-16(17)9-10-20(19)4;1-13-8-9-17(14(2)10-13)18-11-15-6-4-5-7-16(15)12-19(18)3;1-13-7-3-6-10-16(13)17-11-14-8-4-5-9-15(14)12-18(17)2/h3*7-14H,1-6H3;5-12H,1-4H3;4-12H,1-3H3;3-12H,1-2H3/q6*+1/i1D3,4D3,14D;4D3,14D;;2D3;;. The summed E-state index contributed by atoms with van der Waals surface area (Å²) < 4.78 is 123. The van der Waals surface area contributed by atoms with Gasteiger partial charge in [0.15, 0.2) is 37.2 Å². The Hall–Kier alpha value is -12.9. The lowest BCUT2D eigenvalue weighted by Crippen LogP contribution is -2.30. The smallest absolute Gasteiger partial charge is 0.200 e. The molecule has 0 amide bonds. The molecule has 6 aromatic heterocycles. The minimum Gasteiger partial charge on any atom is -0.200 e. The summed E-state index contributed by atoms with van der Waals surface area (Å²) in [5, 5.41) is 13.8. The van der Waals surface area contributed by atoms with Crippen molar-refractivity contribution in [3.05, 3.63) is 392 Å². The van der Waals surface area contributed by atoms with Crippen LogP contribution in [0.5, 0.6) is 0 Å². The minimum atomic E-state index is -2.45. The number of hydrogen-bond donors (Lipinski definition) is 0. The van der Waals surface area contributed by atoms with E-state index in [2.05, 4.69) is 289 Å². The van der Waals surface area contributed by atoms with E-state index in [0.29, 0.717) is 33.7 Å². The molecule has 0 saturated carbocycles. The highest BCUT2D eigenvalue weighted by Crippen LogP contribution is 2.38. The Labute approximate surface area is 771 Å². The monoisotopic (exact) mass is 1670 g/mol. The number of rotatable bonds is 9. The Bertz CT molecular complexity index is 7760. The fraction of sp³-hybridized carbons (Fsp3) is 0.250. The molecule has 18 rings (SSSR count). The third kappa shape index (κ3) is 20.1. The lowest BCUT2D eigenvalue weighted by Gasteiger charge is -2.12. The summed E-state index contributed by atoms with van der Waals surface area (Å²) in [7, 11) is 12.2. The van der Waals surface area contributed by atoms with E-state index in [1.54, 1.807) is 30.3 Å². The molecule has 0 spiro atoms. The van der Waals surface area contributed by atoms with Gasteiger partial charge in [-0.15, -0.1) is 0 Å². The van der Waals surface area contributed by atoms with Crippen LogP contribution in [0.2, 0.25) is 0 Å². The van der Waals surface area contributed by atoms with Crippen LogP contribution in [0.15, 0.2) is 292 Å². The van der Waals surface area contributed by atoms with Gasteiger partial charge in [-0.1, -0.05) is 215 Å². The number of aromatic nitrogens is 6. The second-order valence-corrected chi connectivity index (χ2v) is 35.1. The Kier molecular flexibility index (Phi) is 22.8. The first kappa shape index (κ1) is 73.5. The summed E-state index contributed by atoms with van der Waals surface area (Å²) in [6.07, 6.45) is 12.5. The zero-order valence-corrected chi connectivity index (χ0v) is 78.0. The van der Waals surface area contributed by atoms with Crippen molar-refractivity contribution in [3.63, 3.8) is 0 Å². The zero-order chi connectivity index (χ0) is 102. The highest BCUT2D eigenvalue weighted by atomic mass is 14.9. The molecule has 0 aliphatic carbocycles. The maximum Gasteiger partial charge on any atom is 0.220 e. The van der Waals surface area contributed by atoms with Crippen molar-refractivity contribution in [2.24, 2.45) is 42.3 Å². The van der Waals surface area contributed by atoms with Crippen molar-refractivity contribution < 1.29 is 46.6 Å². The van der Waals surface area contributed by atoms with Crippen LogP contribution in [0.25, 0.3) is 132 Å². The van der Waals surface area contributed by atoms with E-state index >= 15 is 0 Å². The highest BCUT2D eigenvalue weighted by molar-refractivity contribution is 5.98. The van der Waals surface area contributed by atoms with Crippen LogP contribution in [0, 0.1) is 104 Å². The Morgan fingerprint density at radius 3 is 0.952 bits per heavy atom. The average molecular weight is 1670 g/mol. The molecule has 1 unspecified atom stereocenters. The van der Waals surface area contributed by atoms with Gasteiger partial charge in [0.05, 0.1) is 43.8 Å². The Balaban J connectivity index is 0.000000142. The number of pyridine rings is 6. The topological polar surface area (TPSA) is 23.3 Å². The molecular weight excluding hydrogens is 1530 g/mol. The second-order valence-electron chi connectivity index (χ2n) is 35.1. The number of benzene rings is 12. The van der Waals surface area contributed by atoms with Gasteiger partial charge in [0.2, 0.25) is 34.2 Å². The molecule has 0 aliphatic heterocycles. The maximum absolute atomic E-state index is 8.38. The third-order valence-corrected chi connectivity index (χ3v) is 24.7. The van der Waals surface area contributed by atoms with Gasteiger partial charge in [0.1, 0.15) is 42.3 Å². The van der Waals surface area contributed by atoms with E-state index in [1.807, 2.05) is 153 Å². The molecule has 12 aromatic carbocycles. The predicted octanol–water partition coefficient (Wildman–Crippen LogP) is 28.0. The van der Waals surface area contributed by atoms with Gasteiger partial charge in [-0.25, -0.2) is 27.4 Å². The molecule has 126 heavy (non-hydrogen) atoms. The van der Waals surface area contributed by atoms with Gasteiger partial charge in [-0.3, -0.25) is 0 Å². The minimum absolute atomic E-state index is 0.326. The summed E-state index contributed by atoms with van der Waals surface area (Å²) in [5.41, 5.74) is 30.4. The van der Waals surface area contributed by atoms with E-state index in [9.17, 15) is 0 Å². The van der Waals surface area contributed by atoms with Crippen LogP contribution in [0.1, 0.15) is 179 Å². The lowest BCUT2D eigenvalue weighted by molar-refractivity contribution is -0.659.